The lowest BCUT2D eigenvalue weighted by atomic mass is 9.87. The molecule has 0 spiro atoms. The Morgan fingerprint density at radius 3 is 1.80 bits per heavy atom. The van der Waals surface area contributed by atoms with Gasteiger partial charge in [-0.25, -0.2) is 0 Å². The molecule has 0 aliphatic carbocycles. The maximum absolute atomic E-state index is 12.2. The number of hydrogen-bond donors (Lipinski definition) is 2. The van der Waals surface area contributed by atoms with E-state index in [0.29, 0.717) is 17.7 Å². The smallest absolute Gasteiger partial charge is 0.269 e. The molecule has 2 N–H and O–H groups in total. The van der Waals surface area contributed by atoms with Gasteiger partial charge < -0.3 is 4.74 Å². The van der Waals surface area contributed by atoms with Crippen molar-refractivity contribution < 1.29 is 14.3 Å². The lowest BCUT2D eigenvalue weighted by Gasteiger charge is -2.19. The van der Waals surface area contributed by atoms with Gasteiger partial charge in [0.15, 0.2) is 0 Å². The van der Waals surface area contributed by atoms with Gasteiger partial charge in [0.2, 0.25) is 0 Å². The Labute approximate surface area is 177 Å². The van der Waals surface area contributed by atoms with Crippen LogP contribution in [-0.4, -0.2) is 11.8 Å². The van der Waals surface area contributed by atoms with Crippen LogP contribution in [0.2, 0.25) is 0 Å². The Hall–Kier alpha value is -3.60. The predicted molar refractivity (Wildman–Crippen MR) is 117 cm³/mol. The van der Waals surface area contributed by atoms with Gasteiger partial charge in [0.1, 0.15) is 12.4 Å². The van der Waals surface area contributed by atoms with Crippen molar-refractivity contribution in [3.05, 3.63) is 101 Å². The summed E-state index contributed by atoms with van der Waals surface area (Å²) in [4.78, 5) is 24.2. The maximum Gasteiger partial charge on any atom is 0.269 e. The Morgan fingerprint density at radius 2 is 1.27 bits per heavy atom. The Bertz CT molecular complexity index is 989. The minimum absolute atomic E-state index is 0.107. The second kappa shape index (κ2) is 9.27. The quantitative estimate of drug-likeness (QED) is 0.611. The highest BCUT2D eigenvalue weighted by Crippen LogP contribution is 2.24. The molecule has 0 heterocycles. The van der Waals surface area contributed by atoms with Gasteiger partial charge in [-0.1, -0.05) is 63.2 Å². The highest BCUT2D eigenvalue weighted by molar-refractivity contribution is 5.99. The van der Waals surface area contributed by atoms with Gasteiger partial charge in [-0.15, -0.1) is 0 Å². The Kier molecular flexibility index (Phi) is 6.52. The van der Waals surface area contributed by atoms with E-state index in [0.717, 1.165) is 11.3 Å². The molecule has 2 amide bonds. The van der Waals surface area contributed by atoms with Gasteiger partial charge in [0.05, 0.1) is 0 Å². The van der Waals surface area contributed by atoms with Crippen LogP contribution in [0.5, 0.6) is 5.75 Å². The summed E-state index contributed by atoms with van der Waals surface area (Å²) in [6, 6.07) is 23.8. The van der Waals surface area contributed by atoms with E-state index in [9.17, 15) is 9.59 Å². The van der Waals surface area contributed by atoms with E-state index in [1.54, 1.807) is 36.4 Å². The second-order valence-electron chi connectivity index (χ2n) is 8.03. The third kappa shape index (κ3) is 5.70. The van der Waals surface area contributed by atoms with Crippen molar-refractivity contribution >= 4 is 11.8 Å². The summed E-state index contributed by atoms with van der Waals surface area (Å²) in [5.74, 6) is 0.0458. The number of carbonyl (C=O) groups is 2. The number of rotatable bonds is 5. The largest absolute Gasteiger partial charge is 0.489 e. The molecule has 0 aromatic heterocycles. The zero-order chi connectivity index (χ0) is 21.6. The summed E-state index contributed by atoms with van der Waals surface area (Å²) >= 11 is 0. The van der Waals surface area contributed by atoms with Crippen molar-refractivity contribution in [3.8, 4) is 5.75 Å². The summed E-state index contributed by atoms with van der Waals surface area (Å²) in [6.07, 6.45) is 0. The van der Waals surface area contributed by atoms with Crippen LogP contribution in [0.15, 0.2) is 78.9 Å². The topological polar surface area (TPSA) is 67.4 Å². The molecule has 154 valence electrons. The lowest BCUT2D eigenvalue weighted by molar-refractivity contribution is 0.0846. The number of ether oxygens (including phenoxy) is 1. The van der Waals surface area contributed by atoms with Crippen molar-refractivity contribution in [2.45, 2.75) is 32.8 Å². The summed E-state index contributed by atoms with van der Waals surface area (Å²) < 4.78 is 5.83. The second-order valence-corrected chi connectivity index (χ2v) is 8.03. The van der Waals surface area contributed by atoms with Crippen LogP contribution in [0.25, 0.3) is 0 Å². The highest BCUT2D eigenvalue weighted by Gasteiger charge is 2.13. The number of benzene rings is 3. The summed E-state index contributed by atoms with van der Waals surface area (Å²) in [5.41, 5.74) is 8.06. The first-order valence-electron chi connectivity index (χ1n) is 9.81. The maximum atomic E-state index is 12.2. The number of hydrazine groups is 1. The number of nitrogens with one attached hydrogen (secondary N) is 2. The van der Waals surface area contributed by atoms with Gasteiger partial charge in [-0.3, -0.25) is 20.4 Å². The Balaban J connectivity index is 1.50. The SMILES string of the molecule is CC(C)(C)c1ccc(OCc2ccc(C(=O)NNC(=O)c3ccccc3)cc2)cc1. The molecular weight excluding hydrogens is 376 g/mol. The molecule has 0 bridgehead atoms. The number of hydrogen-bond acceptors (Lipinski definition) is 3. The third-order valence-electron chi connectivity index (χ3n) is 4.67. The van der Waals surface area contributed by atoms with Crippen LogP contribution in [0.4, 0.5) is 0 Å². The van der Waals surface area contributed by atoms with E-state index in [1.165, 1.54) is 5.56 Å². The molecule has 5 heteroatoms. The third-order valence-corrected chi connectivity index (χ3v) is 4.67. The van der Waals surface area contributed by atoms with Crippen LogP contribution in [0, 0.1) is 0 Å². The fourth-order valence-corrected chi connectivity index (χ4v) is 2.82. The number of carbonyl (C=O) groups excluding carboxylic acids is 2. The van der Waals surface area contributed by atoms with Gasteiger partial charge in [-0.2, -0.15) is 0 Å². The molecule has 0 saturated heterocycles. The summed E-state index contributed by atoms with van der Waals surface area (Å²) in [6.45, 7) is 6.93. The van der Waals surface area contributed by atoms with Crippen LogP contribution < -0.4 is 15.6 Å². The highest BCUT2D eigenvalue weighted by atomic mass is 16.5. The predicted octanol–water partition coefficient (Wildman–Crippen LogP) is 4.64. The molecule has 5 nitrogen and oxygen atoms in total. The fraction of sp³-hybridized carbons (Fsp3) is 0.200. The first-order valence-corrected chi connectivity index (χ1v) is 9.81. The summed E-state index contributed by atoms with van der Waals surface area (Å²) in [7, 11) is 0. The molecular formula is C25H26N2O3. The minimum Gasteiger partial charge on any atom is -0.489 e. The number of amides is 2. The monoisotopic (exact) mass is 402 g/mol. The molecule has 3 aromatic carbocycles. The van der Waals surface area contributed by atoms with Crippen molar-refractivity contribution in [2.24, 2.45) is 0 Å². The van der Waals surface area contributed by atoms with Crippen LogP contribution in [-0.2, 0) is 12.0 Å². The van der Waals surface area contributed by atoms with E-state index < -0.39 is 0 Å². The van der Waals surface area contributed by atoms with Crippen molar-refractivity contribution in [1.82, 2.24) is 10.9 Å². The van der Waals surface area contributed by atoms with E-state index >= 15 is 0 Å². The van der Waals surface area contributed by atoms with E-state index in [4.69, 9.17) is 4.74 Å². The minimum atomic E-state index is -0.385. The molecule has 0 fully saturated rings. The van der Waals surface area contributed by atoms with Crippen LogP contribution in [0.1, 0.15) is 52.6 Å². The fourth-order valence-electron chi connectivity index (χ4n) is 2.82. The lowest BCUT2D eigenvalue weighted by Crippen LogP contribution is -2.41. The molecule has 3 aromatic rings. The first kappa shape index (κ1) is 21.1. The molecule has 30 heavy (non-hydrogen) atoms. The normalized spacial score (nSPS) is 10.9. The molecule has 0 saturated carbocycles. The zero-order valence-electron chi connectivity index (χ0n) is 17.4. The molecule has 0 unspecified atom stereocenters. The van der Waals surface area contributed by atoms with Gasteiger partial charge in [-0.05, 0) is 52.9 Å². The first-order chi connectivity index (χ1) is 14.3. The Morgan fingerprint density at radius 1 is 0.733 bits per heavy atom. The molecule has 3 rings (SSSR count). The average molecular weight is 402 g/mol. The average Bonchev–Trinajstić information content (AvgIpc) is 2.76. The van der Waals surface area contributed by atoms with Gasteiger partial charge in [0, 0.05) is 11.1 Å². The molecule has 0 radical (unpaired) electrons. The zero-order valence-corrected chi connectivity index (χ0v) is 17.4. The van der Waals surface area contributed by atoms with Crippen LogP contribution >= 0.6 is 0 Å². The van der Waals surface area contributed by atoms with E-state index in [2.05, 4.69) is 43.8 Å². The van der Waals surface area contributed by atoms with E-state index in [-0.39, 0.29) is 17.2 Å². The molecule has 0 aliphatic heterocycles. The molecule has 0 aliphatic rings. The van der Waals surface area contributed by atoms with Crippen LogP contribution in [0.3, 0.4) is 0 Å². The van der Waals surface area contributed by atoms with Crippen molar-refractivity contribution in [1.29, 1.82) is 0 Å². The molecule has 0 atom stereocenters. The van der Waals surface area contributed by atoms with Gasteiger partial charge >= 0.3 is 0 Å². The van der Waals surface area contributed by atoms with Gasteiger partial charge in [0.25, 0.3) is 11.8 Å². The standard InChI is InChI=1S/C25H26N2O3/c1-25(2,3)21-13-15-22(16-14-21)30-17-18-9-11-20(12-10-18)24(29)27-26-23(28)19-7-5-4-6-8-19/h4-16H,17H2,1-3H3,(H,26,28)(H,27,29). The van der Waals surface area contributed by atoms with Crippen molar-refractivity contribution in [2.75, 3.05) is 0 Å². The van der Waals surface area contributed by atoms with E-state index in [1.807, 2.05) is 30.3 Å². The van der Waals surface area contributed by atoms with Crippen molar-refractivity contribution in [3.63, 3.8) is 0 Å². The summed E-state index contributed by atoms with van der Waals surface area (Å²) in [5, 5.41) is 0.